The van der Waals surface area contributed by atoms with E-state index in [1.54, 1.807) is 0 Å². The van der Waals surface area contributed by atoms with Gasteiger partial charge in [0.05, 0.1) is 6.42 Å². The summed E-state index contributed by atoms with van der Waals surface area (Å²) in [5.41, 5.74) is 0. The van der Waals surface area contributed by atoms with Crippen LogP contribution in [0.5, 0.6) is 0 Å². The third-order valence-corrected chi connectivity index (χ3v) is 2.31. The lowest BCUT2D eigenvalue weighted by molar-refractivity contribution is -0.133. The SMILES string of the molecule is CC(CC(F)(F)F)SS. The van der Waals surface area contributed by atoms with Crippen molar-refractivity contribution in [1.29, 1.82) is 0 Å². The van der Waals surface area contributed by atoms with Crippen LogP contribution in [0.25, 0.3) is 0 Å². The van der Waals surface area contributed by atoms with Gasteiger partial charge in [0.15, 0.2) is 0 Å². The summed E-state index contributed by atoms with van der Waals surface area (Å²) in [6.45, 7) is 1.49. The number of hydrogen-bond acceptors (Lipinski definition) is 2. The molecule has 0 aliphatic rings. The Morgan fingerprint density at radius 2 is 2.00 bits per heavy atom. The second-order valence-electron chi connectivity index (χ2n) is 1.74. The summed E-state index contributed by atoms with van der Waals surface area (Å²) in [6.07, 6.45) is -4.81. The molecule has 1 unspecified atom stereocenters. The van der Waals surface area contributed by atoms with Gasteiger partial charge in [-0.2, -0.15) is 13.2 Å². The minimum atomic E-state index is -4.05. The maximum Gasteiger partial charge on any atom is 0.390 e. The van der Waals surface area contributed by atoms with E-state index in [0.29, 0.717) is 0 Å². The van der Waals surface area contributed by atoms with E-state index in [-0.39, 0.29) is 0 Å². The third kappa shape index (κ3) is 6.37. The van der Waals surface area contributed by atoms with Crippen LogP contribution in [0, 0.1) is 0 Å². The highest BCUT2D eigenvalue weighted by atomic mass is 33.1. The number of halogens is 3. The minimum Gasteiger partial charge on any atom is -0.171 e. The molecular formula is C4H7F3S2. The second-order valence-corrected chi connectivity index (χ2v) is 3.38. The van der Waals surface area contributed by atoms with E-state index >= 15 is 0 Å². The van der Waals surface area contributed by atoms with Crippen LogP contribution in [0.4, 0.5) is 13.2 Å². The molecule has 0 nitrogen and oxygen atoms in total. The molecule has 0 aliphatic carbocycles. The van der Waals surface area contributed by atoms with Crippen LogP contribution in [0.2, 0.25) is 0 Å². The van der Waals surface area contributed by atoms with Gasteiger partial charge in [-0.1, -0.05) is 17.7 Å². The maximum absolute atomic E-state index is 11.4. The highest BCUT2D eigenvalue weighted by Gasteiger charge is 2.29. The van der Waals surface area contributed by atoms with Crippen LogP contribution < -0.4 is 0 Å². The first-order valence-electron chi connectivity index (χ1n) is 2.32. The van der Waals surface area contributed by atoms with E-state index in [0.717, 1.165) is 10.8 Å². The molecule has 1 atom stereocenters. The summed E-state index contributed by atoms with van der Waals surface area (Å²) in [7, 11) is 0.926. The molecule has 9 heavy (non-hydrogen) atoms. The van der Waals surface area contributed by atoms with E-state index in [2.05, 4.69) is 11.7 Å². The zero-order valence-electron chi connectivity index (χ0n) is 4.77. The molecule has 0 bridgehead atoms. The average Bonchev–Trinajstić information content (AvgIpc) is 1.62. The fraction of sp³-hybridized carbons (Fsp3) is 1.00. The van der Waals surface area contributed by atoms with Crippen molar-refractivity contribution in [3.8, 4) is 0 Å². The van der Waals surface area contributed by atoms with Crippen molar-refractivity contribution >= 4 is 22.5 Å². The molecule has 0 aromatic carbocycles. The zero-order chi connectivity index (χ0) is 7.49. The summed E-state index contributed by atoms with van der Waals surface area (Å²) >= 11 is 3.64. The molecule has 0 spiro atoms. The van der Waals surface area contributed by atoms with Crippen LogP contribution in [0.15, 0.2) is 0 Å². The lowest BCUT2D eigenvalue weighted by Crippen LogP contribution is -2.13. The molecule has 0 saturated heterocycles. The van der Waals surface area contributed by atoms with Crippen LogP contribution >= 0.6 is 22.5 Å². The molecule has 5 heteroatoms. The number of hydrogen-bond donors (Lipinski definition) is 1. The molecule has 0 saturated carbocycles. The van der Waals surface area contributed by atoms with Gasteiger partial charge in [-0.25, -0.2) is 0 Å². The monoisotopic (exact) mass is 176 g/mol. The number of rotatable bonds is 2. The molecule has 0 radical (unpaired) electrons. The van der Waals surface area contributed by atoms with Gasteiger partial charge in [0.2, 0.25) is 0 Å². The summed E-state index contributed by atoms with van der Waals surface area (Å²) in [4.78, 5) is 0. The van der Waals surface area contributed by atoms with Crippen molar-refractivity contribution in [2.45, 2.75) is 24.8 Å². The second kappa shape index (κ2) is 3.61. The third-order valence-electron chi connectivity index (χ3n) is 0.699. The van der Waals surface area contributed by atoms with Crippen molar-refractivity contribution in [3.05, 3.63) is 0 Å². The molecule has 0 rings (SSSR count). The van der Waals surface area contributed by atoms with Gasteiger partial charge in [-0.15, -0.1) is 11.7 Å². The van der Waals surface area contributed by atoms with Gasteiger partial charge in [0.1, 0.15) is 0 Å². The molecule has 0 fully saturated rings. The van der Waals surface area contributed by atoms with Gasteiger partial charge in [-0.05, 0) is 0 Å². The predicted octanol–water partition coefficient (Wildman–Crippen LogP) is 2.91. The van der Waals surface area contributed by atoms with Crippen LogP contribution in [-0.2, 0) is 0 Å². The lowest BCUT2D eigenvalue weighted by Gasteiger charge is -2.09. The van der Waals surface area contributed by atoms with E-state index in [9.17, 15) is 13.2 Å². The van der Waals surface area contributed by atoms with Gasteiger partial charge < -0.3 is 0 Å². The van der Waals surface area contributed by atoms with Crippen LogP contribution in [0.3, 0.4) is 0 Å². The van der Waals surface area contributed by atoms with E-state index in [1.807, 2.05) is 0 Å². The summed E-state index contributed by atoms with van der Waals surface area (Å²) in [5.74, 6) is 0. The average molecular weight is 176 g/mol. The van der Waals surface area contributed by atoms with Gasteiger partial charge >= 0.3 is 6.18 Å². The Balaban J connectivity index is 3.47. The van der Waals surface area contributed by atoms with Gasteiger partial charge in [-0.3, -0.25) is 0 Å². The smallest absolute Gasteiger partial charge is 0.171 e. The topological polar surface area (TPSA) is 0 Å². The predicted molar refractivity (Wildman–Crippen MR) is 36.7 cm³/mol. The standard InChI is InChI=1S/C4H7F3S2/c1-3(9-8)2-4(5,6)7/h3,8H,2H2,1H3. The Hall–Kier alpha value is 0.490. The van der Waals surface area contributed by atoms with Crippen molar-refractivity contribution in [3.63, 3.8) is 0 Å². The van der Waals surface area contributed by atoms with Crippen LogP contribution in [0.1, 0.15) is 13.3 Å². The van der Waals surface area contributed by atoms with E-state index in [4.69, 9.17) is 0 Å². The maximum atomic E-state index is 11.4. The first-order chi connectivity index (χ1) is 3.95. The Bertz CT molecular complexity index is 80.4. The Kier molecular flexibility index (Phi) is 3.80. The highest BCUT2D eigenvalue weighted by molar-refractivity contribution is 8.68. The molecule has 0 aromatic heterocycles. The Morgan fingerprint density at radius 1 is 1.56 bits per heavy atom. The fourth-order valence-corrected chi connectivity index (χ4v) is 0.850. The first kappa shape index (κ1) is 9.49. The van der Waals surface area contributed by atoms with Crippen molar-refractivity contribution in [2.24, 2.45) is 0 Å². The minimum absolute atomic E-state index is 0.451. The molecule has 0 heterocycles. The van der Waals surface area contributed by atoms with E-state index < -0.39 is 17.8 Å². The summed E-state index contributed by atoms with van der Waals surface area (Å²) in [6, 6.07) is 0. The Labute approximate surface area is 61.0 Å². The molecule has 0 aliphatic heterocycles. The molecule has 0 aromatic rings. The van der Waals surface area contributed by atoms with Crippen LogP contribution in [-0.4, -0.2) is 11.4 Å². The summed E-state index contributed by atoms with van der Waals surface area (Å²) < 4.78 is 34.3. The van der Waals surface area contributed by atoms with Gasteiger partial charge in [0, 0.05) is 5.25 Å². The number of alkyl halides is 3. The largest absolute Gasteiger partial charge is 0.390 e. The molecular weight excluding hydrogens is 169 g/mol. The molecule has 0 N–H and O–H groups in total. The van der Waals surface area contributed by atoms with Crippen molar-refractivity contribution in [1.82, 2.24) is 0 Å². The Morgan fingerprint density at radius 3 is 2.11 bits per heavy atom. The molecule has 0 amide bonds. The lowest BCUT2D eigenvalue weighted by atomic mass is 10.3. The number of thiol groups is 1. The van der Waals surface area contributed by atoms with Crippen molar-refractivity contribution in [2.75, 3.05) is 0 Å². The first-order valence-corrected chi connectivity index (χ1v) is 4.26. The quantitative estimate of drug-likeness (QED) is 0.498. The van der Waals surface area contributed by atoms with Crippen molar-refractivity contribution < 1.29 is 13.2 Å². The zero-order valence-corrected chi connectivity index (χ0v) is 6.48. The molecule has 56 valence electrons. The highest BCUT2D eigenvalue weighted by Crippen LogP contribution is 2.28. The summed E-state index contributed by atoms with van der Waals surface area (Å²) in [5, 5.41) is -0.451. The van der Waals surface area contributed by atoms with Gasteiger partial charge in [0.25, 0.3) is 0 Å². The normalized spacial score (nSPS) is 15.7. The van der Waals surface area contributed by atoms with E-state index in [1.165, 1.54) is 6.92 Å². The fourth-order valence-electron chi connectivity index (χ4n) is 0.363.